The second-order valence-electron chi connectivity index (χ2n) is 6.17. The molecule has 1 aromatic rings. The van der Waals surface area contributed by atoms with Crippen molar-refractivity contribution in [3.63, 3.8) is 0 Å². The highest BCUT2D eigenvalue weighted by Gasteiger charge is 2.32. The minimum absolute atomic E-state index is 0.0819. The van der Waals surface area contributed by atoms with Crippen molar-refractivity contribution >= 4 is 5.91 Å². The molecule has 1 aliphatic rings. The highest BCUT2D eigenvalue weighted by atomic mass is 16.1. The Hall–Kier alpha value is -1.36. The van der Waals surface area contributed by atoms with E-state index in [0.717, 1.165) is 6.54 Å². The van der Waals surface area contributed by atoms with Crippen LogP contribution in [0.2, 0.25) is 0 Å². The van der Waals surface area contributed by atoms with Crippen LogP contribution in [0, 0.1) is 0 Å². The summed E-state index contributed by atoms with van der Waals surface area (Å²) in [4.78, 5) is 12.0. The van der Waals surface area contributed by atoms with Crippen molar-refractivity contribution in [2.24, 2.45) is 0 Å². The van der Waals surface area contributed by atoms with Crippen LogP contribution < -0.4 is 10.6 Å². The van der Waals surface area contributed by atoms with Gasteiger partial charge in [-0.3, -0.25) is 9.48 Å². The van der Waals surface area contributed by atoms with E-state index in [4.69, 9.17) is 0 Å². The largest absolute Gasteiger partial charge is 0.349 e. The van der Waals surface area contributed by atoms with Gasteiger partial charge in [0.25, 0.3) is 5.91 Å². The molecule has 1 amide bonds. The average molecular weight is 264 g/mol. The molecule has 0 radical (unpaired) electrons. The summed E-state index contributed by atoms with van der Waals surface area (Å²) < 4.78 is 2.01. The van der Waals surface area contributed by atoms with Gasteiger partial charge in [0, 0.05) is 24.7 Å². The fourth-order valence-electron chi connectivity index (χ4n) is 2.11. The summed E-state index contributed by atoms with van der Waals surface area (Å²) in [5.41, 5.74) is 1.65. The van der Waals surface area contributed by atoms with Gasteiger partial charge in [0.05, 0.1) is 5.54 Å². The normalized spacial score (nSPS) is 15.6. The van der Waals surface area contributed by atoms with Crippen molar-refractivity contribution in [1.82, 2.24) is 20.4 Å². The van der Waals surface area contributed by atoms with Gasteiger partial charge in [-0.05, 0) is 46.7 Å². The Morgan fingerprint density at radius 1 is 1.42 bits per heavy atom. The molecule has 0 spiro atoms. The topological polar surface area (TPSA) is 58.9 Å². The Bertz CT molecular complexity index is 455. The van der Waals surface area contributed by atoms with Crippen LogP contribution in [0.25, 0.3) is 0 Å². The molecule has 2 N–H and O–H groups in total. The number of hydrogen-bond acceptors (Lipinski definition) is 3. The standard InChI is InChI=1S/C14H24N4O/c1-14(2,3)18-12(10-5-6-10)9-11(17-18)13(19)16-8-7-15-4/h9-10,15H,5-8H2,1-4H3,(H,16,19). The Morgan fingerprint density at radius 3 is 2.63 bits per heavy atom. The number of nitrogens with zero attached hydrogens (tertiary/aromatic N) is 2. The zero-order valence-electron chi connectivity index (χ0n) is 12.3. The lowest BCUT2D eigenvalue weighted by Gasteiger charge is -2.22. The first kappa shape index (κ1) is 14.1. The molecule has 19 heavy (non-hydrogen) atoms. The minimum atomic E-state index is -0.0832. The number of likely N-dealkylation sites (N-methyl/N-ethyl adjacent to an activating group) is 1. The highest BCUT2D eigenvalue weighted by Crippen LogP contribution is 2.41. The molecule has 0 atom stereocenters. The number of rotatable bonds is 5. The number of hydrogen-bond donors (Lipinski definition) is 2. The van der Waals surface area contributed by atoms with Gasteiger partial charge in [-0.1, -0.05) is 0 Å². The van der Waals surface area contributed by atoms with Crippen molar-refractivity contribution in [2.75, 3.05) is 20.1 Å². The van der Waals surface area contributed by atoms with Crippen molar-refractivity contribution in [3.05, 3.63) is 17.5 Å². The smallest absolute Gasteiger partial charge is 0.271 e. The van der Waals surface area contributed by atoms with Crippen molar-refractivity contribution < 1.29 is 4.79 Å². The van der Waals surface area contributed by atoms with Crippen LogP contribution in [-0.2, 0) is 5.54 Å². The monoisotopic (exact) mass is 264 g/mol. The molecule has 0 aromatic carbocycles. The second-order valence-corrected chi connectivity index (χ2v) is 6.17. The number of amides is 1. The van der Waals surface area contributed by atoms with Crippen LogP contribution in [0.4, 0.5) is 0 Å². The molecule has 0 aliphatic heterocycles. The lowest BCUT2D eigenvalue weighted by atomic mass is 10.1. The van der Waals surface area contributed by atoms with Crippen LogP contribution in [0.1, 0.15) is 55.7 Å². The first-order valence-electron chi connectivity index (χ1n) is 6.96. The molecule has 5 nitrogen and oxygen atoms in total. The van der Waals surface area contributed by atoms with E-state index in [9.17, 15) is 4.79 Å². The van der Waals surface area contributed by atoms with Crippen LogP contribution in [0.3, 0.4) is 0 Å². The maximum absolute atomic E-state index is 12.0. The van der Waals surface area contributed by atoms with Crippen LogP contribution >= 0.6 is 0 Å². The lowest BCUT2D eigenvalue weighted by Crippen LogP contribution is -2.31. The molecule has 2 rings (SSSR count). The Morgan fingerprint density at radius 2 is 2.11 bits per heavy atom. The third-order valence-electron chi connectivity index (χ3n) is 3.26. The molecule has 1 aromatic heterocycles. The number of carbonyl (C=O) groups is 1. The Kier molecular flexibility index (Phi) is 3.94. The predicted octanol–water partition coefficient (Wildman–Crippen LogP) is 1.46. The van der Waals surface area contributed by atoms with Gasteiger partial charge in [-0.25, -0.2) is 0 Å². The van der Waals surface area contributed by atoms with E-state index in [1.54, 1.807) is 0 Å². The van der Waals surface area contributed by atoms with E-state index in [1.165, 1.54) is 18.5 Å². The van der Waals surface area contributed by atoms with E-state index in [1.807, 2.05) is 17.8 Å². The quantitative estimate of drug-likeness (QED) is 0.792. The zero-order chi connectivity index (χ0) is 14.0. The molecule has 1 aliphatic carbocycles. The predicted molar refractivity (Wildman–Crippen MR) is 75.5 cm³/mol. The fraction of sp³-hybridized carbons (Fsp3) is 0.714. The van der Waals surface area contributed by atoms with Gasteiger partial charge in [-0.2, -0.15) is 5.10 Å². The van der Waals surface area contributed by atoms with Gasteiger partial charge in [0.2, 0.25) is 0 Å². The summed E-state index contributed by atoms with van der Waals surface area (Å²) in [6, 6.07) is 1.96. The van der Waals surface area contributed by atoms with E-state index in [0.29, 0.717) is 18.2 Å². The maximum Gasteiger partial charge on any atom is 0.271 e. The van der Waals surface area contributed by atoms with Crippen LogP contribution in [0.15, 0.2) is 6.07 Å². The Balaban J connectivity index is 2.15. The summed E-state index contributed by atoms with van der Waals surface area (Å²) in [6.07, 6.45) is 2.42. The molecule has 0 saturated heterocycles. The number of nitrogens with one attached hydrogen (secondary N) is 2. The number of carbonyl (C=O) groups excluding carboxylic acids is 1. The third-order valence-corrected chi connectivity index (χ3v) is 3.26. The zero-order valence-corrected chi connectivity index (χ0v) is 12.3. The molecule has 106 valence electrons. The van der Waals surface area contributed by atoms with E-state index in [-0.39, 0.29) is 11.4 Å². The molecule has 1 fully saturated rings. The second kappa shape index (κ2) is 5.33. The summed E-state index contributed by atoms with van der Waals surface area (Å²) in [5.74, 6) is 0.505. The summed E-state index contributed by atoms with van der Waals surface area (Å²) in [5, 5.41) is 10.4. The molecule has 5 heteroatoms. The molecular weight excluding hydrogens is 240 g/mol. The average Bonchev–Trinajstić information content (AvgIpc) is 3.06. The summed E-state index contributed by atoms with van der Waals surface area (Å²) >= 11 is 0. The molecule has 0 bridgehead atoms. The Labute approximate surface area is 114 Å². The lowest BCUT2D eigenvalue weighted by molar-refractivity contribution is 0.0947. The molecule has 0 unspecified atom stereocenters. The van der Waals surface area contributed by atoms with Gasteiger partial charge < -0.3 is 10.6 Å². The van der Waals surface area contributed by atoms with Gasteiger partial charge in [0.1, 0.15) is 5.69 Å². The van der Waals surface area contributed by atoms with E-state index in [2.05, 4.69) is 36.5 Å². The highest BCUT2D eigenvalue weighted by molar-refractivity contribution is 5.92. The fourth-order valence-corrected chi connectivity index (χ4v) is 2.11. The van der Waals surface area contributed by atoms with Crippen molar-refractivity contribution in [2.45, 2.75) is 45.1 Å². The van der Waals surface area contributed by atoms with E-state index < -0.39 is 0 Å². The summed E-state index contributed by atoms with van der Waals surface area (Å²) in [6.45, 7) is 7.75. The van der Waals surface area contributed by atoms with Gasteiger partial charge >= 0.3 is 0 Å². The first-order chi connectivity index (χ1) is 8.93. The van der Waals surface area contributed by atoms with Crippen molar-refractivity contribution in [3.8, 4) is 0 Å². The van der Waals surface area contributed by atoms with E-state index >= 15 is 0 Å². The first-order valence-corrected chi connectivity index (χ1v) is 6.96. The summed E-state index contributed by atoms with van der Waals surface area (Å²) in [7, 11) is 1.87. The third kappa shape index (κ3) is 3.35. The van der Waals surface area contributed by atoms with Gasteiger partial charge in [0.15, 0.2) is 0 Å². The van der Waals surface area contributed by atoms with Crippen LogP contribution in [-0.4, -0.2) is 35.8 Å². The SMILES string of the molecule is CNCCNC(=O)c1cc(C2CC2)n(C(C)(C)C)n1. The maximum atomic E-state index is 12.0. The van der Waals surface area contributed by atoms with Crippen LogP contribution in [0.5, 0.6) is 0 Å². The molecule has 1 saturated carbocycles. The minimum Gasteiger partial charge on any atom is -0.349 e. The van der Waals surface area contributed by atoms with Crippen molar-refractivity contribution in [1.29, 1.82) is 0 Å². The molecular formula is C14H24N4O. The van der Waals surface area contributed by atoms with Gasteiger partial charge in [-0.15, -0.1) is 0 Å². The molecule has 1 heterocycles. The number of aromatic nitrogens is 2.